The molecule has 30 heavy (non-hydrogen) atoms. The Kier molecular flexibility index (Phi) is 5.20. The number of aromatic hydroxyl groups is 1. The number of halogens is 1. The Balaban J connectivity index is 1.55. The van der Waals surface area contributed by atoms with Gasteiger partial charge in [0.15, 0.2) is 0 Å². The molecule has 1 atom stereocenters. The molecule has 0 fully saturated rings. The normalized spacial score (nSPS) is 11.9. The van der Waals surface area contributed by atoms with Crippen LogP contribution in [-0.4, -0.2) is 25.5 Å². The zero-order valence-electron chi connectivity index (χ0n) is 15.9. The summed E-state index contributed by atoms with van der Waals surface area (Å²) >= 11 is 5.94. The molecule has 1 amide bonds. The molecule has 7 nitrogen and oxygen atoms in total. The van der Waals surface area contributed by atoms with Crippen LogP contribution < -0.4 is 10.9 Å². The average molecular weight is 421 g/mol. The van der Waals surface area contributed by atoms with Crippen LogP contribution in [0.15, 0.2) is 71.9 Å². The average Bonchev–Trinajstić information content (AvgIpc) is 2.74. The maximum absolute atomic E-state index is 12.7. The van der Waals surface area contributed by atoms with E-state index in [1.54, 1.807) is 67.7 Å². The maximum Gasteiger partial charge on any atom is 0.261 e. The molecule has 4 aromatic rings. The summed E-state index contributed by atoms with van der Waals surface area (Å²) in [5.74, 6) is -0.284. The smallest absolute Gasteiger partial charge is 0.261 e. The van der Waals surface area contributed by atoms with Crippen molar-refractivity contribution in [2.75, 3.05) is 5.32 Å². The summed E-state index contributed by atoms with van der Waals surface area (Å²) in [5.41, 5.74) is 1.88. The summed E-state index contributed by atoms with van der Waals surface area (Å²) < 4.78 is 1.28. The van der Waals surface area contributed by atoms with E-state index in [0.29, 0.717) is 32.9 Å². The first-order valence-electron chi connectivity index (χ1n) is 9.16. The Morgan fingerprint density at radius 3 is 2.63 bits per heavy atom. The highest BCUT2D eigenvalue weighted by Gasteiger charge is 2.18. The quantitative estimate of drug-likeness (QED) is 0.519. The summed E-state index contributed by atoms with van der Waals surface area (Å²) in [7, 11) is 0. The van der Waals surface area contributed by atoms with Crippen molar-refractivity contribution < 1.29 is 9.90 Å². The molecule has 0 aliphatic carbocycles. The van der Waals surface area contributed by atoms with Gasteiger partial charge in [0.05, 0.1) is 17.2 Å². The number of amides is 1. The van der Waals surface area contributed by atoms with Gasteiger partial charge >= 0.3 is 0 Å². The third-order valence-corrected chi connectivity index (χ3v) is 4.99. The lowest BCUT2D eigenvalue weighted by Crippen LogP contribution is -2.31. The predicted octanol–water partition coefficient (Wildman–Crippen LogP) is 4.02. The predicted molar refractivity (Wildman–Crippen MR) is 116 cm³/mol. The number of nitrogens with zero attached hydrogens (tertiary/aromatic N) is 3. The molecular weight excluding hydrogens is 404 g/mol. The number of hydrogen-bond donors (Lipinski definition) is 2. The molecule has 0 saturated heterocycles. The molecule has 2 aromatic heterocycles. The van der Waals surface area contributed by atoms with E-state index in [1.807, 2.05) is 0 Å². The molecule has 0 radical (unpaired) electrons. The van der Waals surface area contributed by atoms with Crippen LogP contribution in [0.4, 0.5) is 5.69 Å². The van der Waals surface area contributed by atoms with Crippen molar-refractivity contribution in [3.63, 3.8) is 0 Å². The van der Waals surface area contributed by atoms with Crippen molar-refractivity contribution in [3.8, 4) is 17.0 Å². The Morgan fingerprint density at radius 1 is 1.13 bits per heavy atom. The SMILES string of the molecule is C[C@H](C(=O)Nc1ccc(-c2ncccc2O)cc1)n1cnc2cc(Cl)ccc2c1=O. The minimum absolute atomic E-state index is 0.0763. The standard InChI is InChI=1S/C22H17ClN4O3/c1-13(27-12-25-18-11-15(23)6-9-17(18)22(27)30)21(29)26-16-7-4-14(5-8-16)20-19(28)3-2-10-24-20/h2-13,28H,1H3,(H,26,29)/t13-/m1/s1. The van der Waals surface area contributed by atoms with Crippen LogP contribution in [0, 0.1) is 0 Å². The zero-order valence-corrected chi connectivity index (χ0v) is 16.7. The van der Waals surface area contributed by atoms with Crippen molar-refractivity contribution >= 4 is 34.1 Å². The van der Waals surface area contributed by atoms with Gasteiger partial charge in [-0.2, -0.15) is 0 Å². The zero-order chi connectivity index (χ0) is 21.3. The molecule has 0 saturated carbocycles. The number of anilines is 1. The Hall–Kier alpha value is -3.71. The molecule has 2 aromatic carbocycles. The lowest BCUT2D eigenvalue weighted by Gasteiger charge is -2.15. The number of rotatable bonds is 4. The molecule has 0 aliphatic heterocycles. The molecule has 0 bridgehead atoms. The minimum atomic E-state index is -0.774. The highest BCUT2D eigenvalue weighted by molar-refractivity contribution is 6.31. The Bertz CT molecular complexity index is 1300. The summed E-state index contributed by atoms with van der Waals surface area (Å²) in [6.45, 7) is 1.63. The van der Waals surface area contributed by atoms with Gasteiger partial charge in [0.25, 0.3) is 5.56 Å². The molecule has 2 heterocycles. The van der Waals surface area contributed by atoms with E-state index in [4.69, 9.17) is 11.6 Å². The number of fused-ring (bicyclic) bond motifs is 1. The van der Waals surface area contributed by atoms with E-state index in [2.05, 4.69) is 15.3 Å². The molecule has 0 aliphatic rings. The van der Waals surface area contributed by atoms with Crippen LogP contribution >= 0.6 is 11.6 Å². The second-order valence-corrected chi connectivity index (χ2v) is 7.17. The fraction of sp³-hybridized carbons (Fsp3) is 0.0909. The number of hydrogen-bond acceptors (Lipinski definition) is 5. The number of benzene rings is 2. The summed E-state index contributed by atoms with van der Waals surface area (Å²) in [5, 5.41) is 13.6. The third kappa shape index (κ3) is 3.75. The number of carbonyl (C=O) groups excluding carboxylic acids is 1. The molecule has 2 N–H and O–H groups in total. The monoisotopic (exact) mass is 420 g/mol. The van der Waals surface area contributed by atoms with Crippen molar-refractivity contribution in [2.24, 2.45) is 0 Å². The van der Waals surface area contributed by atoms with Crippen LogP contribution in [0.5, 0.6) is 5.75 Å². The van der Waals surface area contributed by atoms with Crippen LogP contribution in [0.25, 0.3) is 22.2 Å². The van der Waals surface area contributed by atoms with Gasteiger partial charge in [0, 0.05) is 22.5 Å². The van der Waals surface area contributed by atoms with E-state index in [0.717, 1.165) is 0 Å². The second kappa shape index (κ2) is 7.96. The third-order valence-electron chi connectivity index (χ3n) is 4.75. The van der Waals surface area contributed by atoms with Gasteiger partial charge in [-0.15, -0.1) is 0 Å². The first kappa shape index (κ1) is 19.6. The van der Waals surface area contributed by atoms with E-state index in [9.17, 15) is 14.7 Å². The minimum Gasteiger partial charge on any atom is -0.506 e. The molecule has 0 spiro atoms. The lowest BCUT2D eigenvalue weighted by molar-refractivity contribution is -0.118. The maximum atomic E-state index is 12.7. The first-order valence-corrected chi connectivity index (χ1v) is 9.53. The van der Waals surface area contributed by atoms with Crippen molar-refractivity contribution in [1.29, 1.82) is 0 Å². The summed E-state index contributed by atoms with van der Waals surface area (Å²) in [6.07, 6.45) is 2.94. The molecule has 150 valence electrons. The van der Waals surface area contributed by atoms with E-state index >= 15 is 0 Å². The fourth-order valence-corrected chi connectivity index (χ4v) is 3.25. The molecule has 4 rings (SSSR count). The van der Waals surface area contributed by atoms with Crippen LogP contribution in [0.1, 0.15) is 13.0 Å². The van der Waals surface area contributed by atoms with E-state index < -0.39 is 6.04 Å². The van der Waals surface area contributed by atoms with Gasteiger partial charge in [-0.25, -0.2) is 4.98 Å². The first-order chi connectivity index (χ1) is 14.4. The number of aromatic nitrogens is 3. The molecule has 0 unspecified atom stereocenters. The Morgan fingerprint density at radius 2 is 1.90 bits per heavy atom. The fourth-order valence-electron chi connectivity index (χ4n) is 3.09. The number of pyridine rings is 1. The highest BCUT2D eigenvalue weighted by Crippen LogP contribution is 2.27. The van der Waals surface area contributed by atoms with Gasteiger partial charge in [-0.1, -0.05) is 23.7 Å². The van der Waals surface area contributed by atoms with Gasteiger partial charge in [-0.05, 0) is 49.4 Å². The molecular formula is C22H17ClN4O3. The lowest BCUT2D eigenvalue weighted by atomic mass is 10.1. The number of nitrogens with one attached hydrogen (secondary N) is 1. The van der Waals surface area contributed by atoms with Gasteiger partial charge in [-0.3, -0.25) is 19.1 Å². The van der Waals surface area contributed by atoms with Gasteiger partial charge in [0.1, 0.15) is 17.5 Å². The summed E-state index contributed by atoms with van der Waals surface area (Å²) in [6, 6.07) is 14.2. The van der Waals surface area contributed by atoms with Crippen LogP contribution in [-0.2, 0) is 4.79 Å². The van der Waals surface area contributed by atoms with E-state index in [-0.39, 0.29) is 17.2 Å². The van der Waals surface area contributed by atoms with Crippen molar-refractivity contribution in [2.45, 2.75) is 13.0 Å². The second-order valence-electron chi connectivity index (χ2n) is 6.73. The van der Waals surface area contributed by atoms with Crippen LogP contribution in [0.3, 0.4) is 0 Å². The topological polar surface area (TPSA) is 97.1 Å². The van der Waals surface area contributed by atoms with Crippen molar-refractivity contribution in [3.05, 3.63) is 82.5 Å². The van der Waals surface area contributed by atoms with E-state index in [1.165, 1.54) is 10.9 Å². The highest BCUT2D eigenvalue weighted by atomic mass is 35.5. The van der Waals surface area contributed by atoms with Gasteiger partial charge in [0.2, 0.25) is 5.91 Å². The van der Waals surface area contributed by atoms with Crippen LogP contribution in [0.2, 0.25) is 5.02 Å². The Labute approximate surface area is 176 Å². The number of carbonyl (C=O) groups is 1. The van der Waals surface area contributed by atoms with Gasteiger partial charge < -0.3 is 10.4 Å². The molecule has 8 heteroatoms. The summed E-state index contributed by atoms with van der Waals surface area (Å²) in [4.78, 5) is 33.8. The van der Waals surface area contributed by atoms with Crippen molar-refractivity contribution in [1.82, 2.24) is 14.5 Å². The largest absolute Gasteiger partial charge is 0.506 e.